The molecule has 0 N–H and O–H groups in total. The minimum atomic E-state index is -0.538. The Morgan fingerprint density at radius 2 is 1.56 bits per heavy atom. The van der Waals surface area contributed by atoms with E-state index < -0.39 is 11.9 Å². The van der Waals surface area contributed by atoms with Crippen molar-refractivity contribution >= 4 is 17.7 Å². The van der Waals surface area contributed by atoms with E-state index in [2.05, 4.69) is 4.74 Å². The van der Waals surface area contributed by atoms with Crippen LogP contribution in [0, 0.1) is 0 Å². The highest BCUT2D eigenvalue weighted by atomic mass is 79.9. The van der Waals surface area contributed by atoms with Gasteiger partial charge in [0, 0.05) is 18.6 Å². The van der Waals surface area contributed by atoms with Crippen molar-refractivity contribution in [1.29, 1.82) is 0 Å². The second-order valence-corrected chi connectivity index (χ2v) is 5.03. The van der Waals surface area contributed by atoms with Crippen molar-refractivity contribution in [3.63, 3.8) is 0 Å². The second-order valence-electron chi connectivity index (χ2n) is 5.03. The van der Waals surface area contributed by atoms with Gasteiger partial charge in [0.15, 0.2) is 12.4 Å². The number of halogens is 1. The van der Waals surface area contributed by atoms with Crippen molar-refractivity contribution in [1.82, 2.24) is 0 Å². The first-order chi connectivity index (χ1) is 11.6. The maximum atomic E-state index is 12.2. The van der Waals surface area contributed by atoms with Gasteiger partial charge in [-0.1, -0.05) is 30.3 Å². The summed E-state index contributed by atoms with van der Waals surface area (Å²) in [5.41, 5.74) is 0.931. The molecule has 1 heterocycles. The molecule has 6 nitrogen and oxygen atoms in total. The van der Waals surface area contributed by atoms with E-state index in [1.54, 1.807) is 53.4 Å². The molecule has 0 saturated carbocycles. The normalized spacial score (nSPS) is 9.64. The van der Waals surface area contributed by atoms with Gasteiger partial charge in [0.1, 0.15) is 18.8 Å². The Balaban J connectivity index is 0.00000312. The number of nitrogens with zero attached hydrogens (tertiary/aromatic N) is 1. The molecule has 0 aliphatic carbocycles. The summed E-state index contributed by atoms with van der Waals surface area (Å²) >= 11 is 0. The van der Waals surface area contributed by atoms with Crippen LogP contribution in [0.4, 0.5) is 0 Å². The van der Waals surface area contributed by atoms with Gasteiger partial charge in [0.2, 0.25) is 12.3 Å². The van der Waals surface area contributed by atoms with Crippen LogP contribution in [0.3, 0.4) is 0 Å². The second kappa shape index (κ2) is 10.4. The Labute approximate surface area is 156 Å². The number of rotatable bonds is 7. The van der Waals surface area contributed by atoms with Crippen LogP contribution in [0.2, 0.25) is 0 Å². The zero-order chi connectivity index (χ0) is 17.4. The summed E-state index contributed by atoms with van der Waals surface area (Å²) in [5, 5.41) is 0. The Bertz CT molecular complexity index is 733. The highest BCUT2D eigenvalue weighted by Gasteiger charge is 2.15. The molecule has 0 saturated heterocycles. The largest absolute Gasteiger partial charge is 1.00 e. The number of carbonyl (C=O) groups is 3. The first kappa shape index (κ1) is 20.5. The van der Waals surface area contributed by atoms with Crippen molar-refractivity contribution in [3.05, 3.63) is 66.0 Å². The van der Waals surface area contributed by atoms with Crippen molar-refractivity contribution in [2.75, 3.05) is 13.2 Å². The lowest BCUT2D eigenvalue weighted by atomic mass is 10.1. The van der Waals surface area contributed by atoms with Crippen LogP contribution in [-0.2, 0) is 20.8 Å². The fourth-order valence-corrected chi connectivity index (χ4v) is 2.03. The van der Waals surface area contributed by atoms with E-state index in [0.29, 0.717) is 11.1 Å². The van der Waals surface area contributed by atoms with Gasteiger partial charge < -0.3 is 26.5 Å². The van der Waals surface area contributed by atoms with Crippen LogP contribution in [0.15, 0.2) is 54.9 Å². The number of Topliss-reactive ketones (excluding diaryl/α,β-unsaturated/α-hetero) is 1. The topological polar surface area (TPSA) is 73.6 Å². The standard InChI is InChI=1S/C18H18NO5.BrH/c1-14(20)23-10-11-24-18(22)16-8-5-9-19(12-16)13-17(21)15-6-3-2-4-7-15;/h2-9,12H,10-11,13H2,1H3;1H/q+1;/p-1. The number of hydrogen-bond acceptors (Lipinski definition) is 5. The van der Waals surface area contributed by atoms with Gasteiger partial charge in [0.25, 0.3) is 0 Å². The number of ether oxygens (including phenoxy) is 2. The lowest BCUT2D eigenvalue weighted by molar-refractivity contribution is -0.683. The van der Waals surface area contributed by atoms with E-state index in [1.165, 1.54) is 6.92 Å². The van der Waals surface area contributed by atoms with E-state index >= 15 is 0 Å². The van der Waals surface area contributed by atoms with Gasteiger partial charge >= 0.3 is 11.9 Å². The zero-order valence-electron chi connectivity index (χ0n) is 13.7. The number of esters is 2. The maximum Gasteiger partial charge on any atom is 0.344 e. The van der Waals surface area contributed by atoms with Crippen LogP contribution in [0.25, 0.3) is 0 Å². The Kier molecular flexibility index (Phi) is 8.49. The van der Waals surface area contributed by atoms with Crippen molar-refractivity contribution in [2.24, 2.45) is 0 Å². The van der Waals surface area contributed by atoms with E-state index in [1.807, 2.05) is 6.07 Å². The first-order valence-corrected chi connectivity index (χ1v) is 7.44. The predicted octanol–water partition coefficient (Wildman–Crippen LogP) is -1.42. The minimum absolute atomic E-state index is 0. The van der Waals surface area contributed by atoms with Gasteiger partial charge in [-0.05, 0) is 6.07 Å². The molecule has 0 spiro atoms. The molecule has 0 unspecified atom stereocenters. The molecule has 7 heteroatoms. The van der Waals surface area contributed by atoms with Gasteiger partial charge in [-0.15, -0.1) is 0 Å². The number of hydrogen-bond donors (Lipinski definition) is 0. The first-order valence-electron chi connectivity index (χ1n) is 7.44. The van der Waals surface area contributed by atoms with Gasteiger partial charge in [-0.3, -0.25) is 9.59 Å². The lowest BCUT2D eigenvalue weighted by Crippen LogP contribution is -3.00. The molecule has 2 aromatic rings. The molecular weight excluding hydrogens is 390 g/mol. The molecular formula is C18H18BrNO5. The van der Waals surface area contributed by atoms with Crippen molar-refractivity contribution in [2.45, 2.75) is 13.5 Å². The number of aromatic nitrogens is 1. The molecule has 1 aromatic heterocycles. The SMILES string of the molecule is CC(=O)OCCOC(=O)c1ccc[n+](CC(=O)c2ccccc2)c1.[Br-]. The average Bonchev–Trinajstić information content (AvgIpc) is 2.59. The molecule has 25 heavy (non-hydrogen) atoms. The van der Waals surface area contributed by atoms with Crippen LogP contribution in [0.1, 0.15) is 27.6 Å². The lowest BCUT2D eigenvalue weighted by Gasteiger charge is -2.04. The molecule has 0 radical (unpaired) electrons. The molecule has 1 aromatic carbocycles. The van der Waals surface area contributed by atoms with Crippen LogP contribution in [-0.4, -0.2) is 30.9 Å². The van der Waals surface area contributed by atoms with Gasteiger partial charge in [0.05, 0.1) is 0 Å². The molecule has 0 bridgehead atoms. The smallest absolute Gasteiger partial charge is 0.344 e. The maximum absolute atomic E-state index is 12.2. The van der Waals surface area contributed by atoms with Gasteiger partial charge in [-0.25, -0.2) is 4.79 Å². The van der Waals surface area contributed by atoms with E-state index in [-0.39, 0.29) is 42.5 Å². The molecule has 0 atom stereocenters. The quantitative estimate of drug-likeness (QED) is 0.244. The van der Waals surface area contributed by atoms with Crippen LogP contribution >= 0.6 is 0 Å². The average molecular weight is 408 g/mol. The third-order valence-corrected chi connectivity index (χ3v) is 3.14. The van der Waals surface area contributed by atoms with Crippen molar-refractivity contribution in [3.8, 4) is 0 Å². The summed E-state index contributed by atoms with van der Waals surface area (Å²) in [6.07, 6.45) is 3.26. The number of pyridine rings is 1. The van der Waals surface area contributed by atoms with E-state index in [4.69, 9.17) is 4.74 Å². The third kappa shape index (κ3) is 6.84. The summed E-state index contributed by atoms with van der Waals surface area (Å²) < 4.78 is 11.3. The summed E-state index contributed by atoms with van der Waals surface area (Å²) in [7, 11) is 0. The van der Waals surface area contributed by atoms with E-state index in [9.17, 15) is 14.4 Å². The Morgan fingerprint density at radius 3 is 2.24 bits per heavy atom. The third-order valence-electron chi connectivity index (χ3n) is 3.14. The molecule has 0 amide bonds. The molecule has 0 aliphatic heterocycles. The highest BCUT2D eigenvalue weighted by Crippen LogP contribution is 2.02. The summed E-state index contributed by atoms with van der Waals surface area (Å²) in [6, 6.07) is 12.2. The predicted molar refractivity (Wildman–Crippen MR) is 84.3 cm³/mol. The van der Waals surface area contributed by atoms with E-state index in [0.717, 1.165) is 0 Å². The zero-order valence-corrected chi connectivity index (χ0v) is 15.3. The Morgan fingerprint density at radius 1 is 0.920 bits per heavy atom. The number of carbonyl (C=O) groups excluding carboxylic acids is 3. The number of benzene rings is 1. The molecule has 132 valence electrons. The van der Waals surface area contributed by atoms with Crippen molar-refractivity contribution < 1.29 is 45.4 Å². The molecule has 0 fully saturated rings. The molecule has 2 rings (SSSR count). The van der Waals surface area contributed by atoms with Gasteiger partial charge in [-0.2, -0.15) is 4.57 Å². The monoisotopic (exact) mass is 407 g/mol. The highest BCUT2D eigenvalue weighted by molar-refractivity contribution is 5.95. The van der Waals surface area contributed by atoms with Crippen LogP contribution < -0.4 is 21.5 Å². The fraction of sp³-hybridized carbons (Fsp3) is 0.222. The van der Waals surface area contributed by atoms with Crippen LogP contribution in [0.5, 0.6) is 0 Å². The summed E-state index contributed by atoms with van der Waals surface area (Å²) in [6.45, 7) is 1.40. The number of ketones is 1. The molecule has 0 aliphatic rings. The summed E-state index contributed by atoms with van der Waals surface area (Å²) in [4.78, 5) is 34.7. The minimum Gasteiger partial charge on any atom is -1.00 e. The Hall–Kier alpha value is -2.54. The fourth-order valence-electron chi connectivity index (χ4n) is 2.03. The summed E-state index contributed by atoms with van der Waals surface area (Å²) in [5.74, 6) is -1.02.